The molecule has 0 radical (unpaired) electrons. The average molecular weight is 286 g/mol. The molecule has 1 aromatic rings. The van der Waals surface area contributed by atoms with Gasteiger partial charge in [-0.3, -0.25) is 0 Å². The molecule has 2 aliphatic heterocycles. The van der Waals surface area contributed by atoms with E-state index in [1.165, 1.54) is 11.1 Å². The number of aliphatic hydroxyl groups excluding tert-OH is 1. The van der Waals surface area contributed by atoms with Gasteiger partial charge in [-0.1, -0.05) is 12.2 Å². The Morgan fingerprint density at radius 2 is 2.29 bits per heavy atom. The molecule has 0 bridgehead atoms. The fourth-order valence-corrected chi connectivity index (χ4v) is 3.92. The molecule has 0 aromatic heterocycles. The first-order valence-electron chi connectivity index (χ1n) is 7.45. The van der Waals surface area contributed by atoms with Crippen LogP contribution in [0.4, 0.5) is 0 Å². The maximum atomic E-state index is 9.97. The third-order valence-electron chi connectivity index (χ3n) is 4.98. The van der Waals surface area contributed by atoms with Crippen LogP contribution in [-0.4, -0.2) is 48.8 Å². The summed E-state index contributed by atoms with van der Waals surface area (Å²) in [6.45, 7) is 0.969. The van der Waals surface area contributed by atoms with E-state index < -0.39 is 6.10 Å². The molecule has 4 nitrogen and oxygen atoms in total. The fraction of sp³-hybridized carbons (Fsp3) is 0.471. The molecule has 1 spiro atoms. The fourth-order valence-electron chi connectivity index (χ4n) is 3.92. The molecule has 3 aliphatic rings. The second-order valence-electron chi connectivity index (χ2n) is 6.23. The summed E-state index contributed by atoms with van der Waals surface area (Å²) in [5.74, 6) is 1.63. The van der Waals surface area contributed by atoms with Crippen LogP contribution in [0.15, 0.2) is 24.3 Å². The largest absolute Gasteiger partial charge is 0.493 e. The number of hydrogen-bond acceptors (Lipinski definition) is 3. The van der Waals surface area contributed by atoms with Crippen LogP contribution in [0.2, 0.25) is 0 Å². The minimum Gasteiger partial charge on any atom is -0.493 e. The lowest BCUT2D eigenvalue weighted by atomic mass is 9.69. The zero-order chi connectivity index (χ0) is 14.6. The highest BCUT2D eigenvalue weighted by molar-refractivity contribution is 5.83. The van der Waals surface area contributed by atoms with Crippen molar-refractivity contribution < 1.29 is 19.2 Å². The van der Waals surface area contributed by atoms with Crippen LogP contribution in [0.5, 0.6) is 11.5 Å². The van der Waals surface area contributed by atoms with Gasteiger partial charge in [0.05, 0.1) is 18.6 Å². The highest BCUT2D eigenvalue weighted by Crippen LogP contribution is 2.54. The van der Waals surface area contributed by atoms with Crippen molar-refractivity contribution in [2.75, 3.05) is 20.7 Å². The van der Waals surface area contributed by atoms with Gasteiger partial charge in [0.2, 0.25) is 0 Å². The van der Waals surface area contributed by atoms with E-state index in [1.54, 1.807) is 7.11 Å². The predicted octanol–water partition coefficient (Wildman–Crippen LogP) is 1.48. The van der Waals surface area contributed by atoms with Gasteiger partial charge in [-0.05, 0) is 12.1 Å². The van der Waals surface area contributed by atoms with E-state index in [0.717, 1.165) is 24.5 Å². The lowest BCUT2D eigenvalue weighted by Gasteiger charge is -2.34. The van der Waals surface area contributed by atoms with Crippen molar-refractivity contribution in [1.29, 1.82) is 0 Å². The van der Waals surface area contributed by atoms with Crippen LogP contribution < -0.4 is 9.47 Å². The Bertz CT molecular complexity index is 664. The maximum absolute atomic E-state index is 9.97. The third-order valence-corrected chi connectivity index (χ3v) is 4.98. The first-order valence-corrected chi connectivity index (χ1v) is 7.45. The predicted molar refractivity (Wildman–Crippen MR) is 79.7 cm³/mol. The summed E-state index contributed by atoms with van der Waals surface area (Å²) in [5.41, 5.74) is 2.27. The molecular formula is C17H20NO3+. The molecule has 21 heavy (non-hydrogen) atoms. The van der Waals surface area contributed by atoms with Gasteiger partial charge in [0, 0.05) is 24.0 Å². The monoisotopic (exact) mass is 286 g/mol. The normalized spacial score (nSPS) is 32.6. The van der Waals surface area contributed by atoms with Crippen molar-refractivity contribution in [3.05, 3.63) is 35.4 Å². The van der Waals surface area contributed by atoms with Crippen LogP contribution in [0, 0.1) is 0 Å². The standard InChI is InChI=1S/C17H20NO3/c1-18-8-7-17-6-5-12(19)9-14(17)21-16-13(20-2)4-3-11(10-18)15(16)17/h3-6,10,12,14,19H,7-9H2,1-2H3/q+1/t12-,14?,17-/m0/s1. The molecular weight excluding hydrogens is 266 g/mol. The molecule has 0 saturated heterocycles. The number of hydrogen-bond donors (Lipinski definition) is 1. The summed E-state index contributed by atoms with van der Waals surface area (Å²) in [7, 11) is 3.78. The smallest absolute Gasteiger partial charge is 0.170 e. The Morgan fingerprint density at radius 3 is 3.10 bits per heavy atom. The van der Waals surface area contributed by atoms with Crippen LogP contribution in [0.3, 0.4) is 0 Å². The van der Waals surface area contributed by atoms with Crippen molar-refractivity contribution >= 4 is 6.21 Å². The molecule has 0 fully saturated rings. The summed E-state index contributed by atoms with van der Waals surface area (Å²) in [6, 6.07) is 4.07. The van der Waals surface area contributed by atoms with Crippen molar-refractivity contribution in [3.8, 4) is 11.5 Å². The first-order chi connectivity index (χ1) is 10.1. The first kappa shape index (κ1) is 12.9. The number of nitrogens with zero attached hydrogens (tertiary/aromatic N) is 1. The van der Waals surface area contributed by atoms with Crippen LogP contribution in [0.25, 0.3) is 0 Å². The van der Waals surface area contributed by atoms with E-state index in [-0.39, 0.29) is 11.5 Å². The molecule has 1 N–H and O–H groups in total. The maximum Gasteiger partial charge on any atom is 0.170 e. The van der Waals surface area contributed by atoms with Gasteiger partial charge in [0.25, 0.3) is 0 Å². The van der Waals surface area contributed by atoms with Crippen LogP contribution in [-0.2, 0) is 5.41 Å². The Balaban J connectivity index is 1.99. The number of rotatable bonds is 1. The number of ether oxygens (including phenoxy) is 2. The van der Waals surface area contributed by atoms with Crippen molar-refractivity contribution in [2.24, 2.45) is 0 Å². The second kappa shape index (κ2) is 4.34. The minimum absolute atomic E-state index is 0.0116. The summed E-state index contributed by atoms with van der Waals surface area (Å²) < 4.78 is 13.9. The molecule has 110 valence electrons. The Kier molecular flexibility index (Phi) is 2.67. The quantitative estimate of drug-likeness (QED) is 0.628. The topological polar surface area (TPSA) is 41.7 Å². The van der Waals surface area contributed by atoms with E-state index >= 15 is 0 Å². The molecule has 4 rings (SSSR count). The molecule has 1 aliphatic carbocycles. The minimum atomic E-state index is -0.422. The number of aliphatic hydroxyl groups is 1. The van der Waals surface area contributed by atoms with Crippen molar-refractivity contribution in [3.63, 3.8) is 0 Å². The summed E-state index contributed by atoms with van der Waals surface area (Å²) in [6.07, 6.45) is 7.45. The SMILES string of the molecule is COc1ccc2c3c1OC1C[C@@H](O)C=C[C@@]31CC[N+](C)=C2. The molecule has 0 saturated carbocycles. The van der Waals surface area contributed by atoms with E-state index in [2.05, 4.69) is 30.0 Å². The molecule has 1 aromatic carbocycles. The van der Waals surface area contributed by atoms with Crippen molar-refractivity contribution in [2.45, 2.75) is 30.5 Å². The van der Waals surface area contributed by atoms with E-state index in [4.69, 9.17) is 9.47 Å². The van der Waals surface area contributed by atoms with Crippen LogP contribution in [0.1, 0.15) is 24.0 Å². The highest BCUT2D eigenvalue weighted by Gasteiger charge is 2.53. The summed E-state index contributed by atoms with van der Waals surface area (Å²) in [4.78, 5) is 0. The number of benzene rings is 1. The Labute approximate surface area is 124 Å². The second-order valence-corrected chi connectivity index (χ2v) is 6.23. The summed E-state index contributed by atoms with van der Waals surface area (Å²) >= 11 is 0. The molecule has 2 heterocycles. The molecule has 0 amide bonds. The number of methoxy groups -OCH3 is 1. The summed E-state index contributed by atoms with van der Waals surface area (Å²) in [5, 5.41) is 9.97. The Hall–Kier alpha value is -1.81. The molecule has 3 atom stereocenters. The zero-order valence-corrected chi connectivity index (χ0v) is 12.4. The van der Waals surface area contributed by atoms with Crippen LogP contribution >= 0.6 is 0 Å². The van der Waals surface area contributed by atoms with Gasteiger partial charge in [0.15, 0.2) is 17.7 Å². The van der Waals surface area contributed by atoms with Gasteiger partial charge in [-0.15, -0.1) is 0 Å². The van der Waals surface area contributed by atoms with E-state index in [0.29, 0.717) is 6.42 Å². The van der Waals surface area contributed by atoms with Gasteiger partial charge in [0.1, 0.15) is 19.7 Å². The van der Waals surface area contributed by atoms with Gasteiger partial charge >= 0.3 is 0 Å². The van der Waals surface area contributed by atoms with E-state index in [9.17, 15) is 5.11 Å². The van der Waals surface area contributed by atoms with Crippen molar-refractivity contribution in [1.82, 2.24) is 0 Å². The lowest BCUT2D eigenvalue weighted by Crippen LogP contribution is -2.42. The average Bonchev–Trinajstić information content (AvgIpc) is 2.72. The molecule has 4 heteroatoms. The highest BCUT2D eigenvalue weighted by atomic mass is 16.5. The van der Waals surface area contributed by atoms with Gasteiger partial charge < -0.3 is 14.6 Å². The van der Waals surface area contributed by atoms with E-state index in [1.807, 2.05) is 12.1 Å². The lowest BCUT2D eigenvalue weighted by molar-refractivity contribution is -0.493. The third kappa shape index (κ3) is 1.69. The van der Waals surface area contributed by atoms with Gasteiger partial charge in [-0.2, -0.15) is 0 Å². The zero-order valence-electron chi connectivity index (χ0n) is 12.4. The van der Waals surface area contributed by atoms with Gasteiger partial charge in [-0.25, -0.2) is 4.58 Å². The Morgan fingerprint density at radius 1 is 1.43 bits per heavy atom. The molecule has 1 unspecified atom stereocenters.